The predicted molar refractivity (Wildman–Crippen MR) is 106 cm³/mol. The first-order chi connectivity index (χ1) is 12.8. The van der Waals surface area contributed by atoms with Gasteiger partial charge in [-0.05, 0) is 56.0 Å². The molecule has 4 heteroatoms. The van der Waals surface area contributed by atoms with Crippen LogP contribution in [-0.4, -0.2) is 40.4 Å². The summed E-state index contributed by atoms with van der Waals surface area (Å²) in [6.45, 7) is 6.22. The number of likely N-dealkylation sites (tertiary alicyclic amines) is 1. The Bertz CT molecular complexity index is 841. The number of benzene rings is 2. The molecule has 0 radical (unpaired) electrons. The topological polar surface area (TPSA) is 57.6 Å². The number of aryl methyl sites for hydroxylation is 4. The second kappa shape index (κ2) is 8.05. The SMILES string of the molecule is Cc1ccc(CCC(=O)[C@@H]2C[C@@H](O)CN2C(=O)c2ccc(C)c(C)c2)cc1. The quantitative estimate of drug-likeness (QED) is 0.884. The fourth-order valence-electron chi connectivity index (χ4n) is 3.57. The summed E-state index contributed by atoms with van der Waals surface area (Å²) in [7, 11) is 0. The van der Waals surface area contributed by atoms with Crippen molar-refractivity contribution in [3.8, 4) is 0 Å². The highest BCUT2D eigenvalue weighted by atomic mass is 16.3. The van der Waals surface area contributed by atoms with Crippen LogP contribution in [0, 0.1) is 20.8 Å². The molecule has 2 aromatic carbocycles. The van der Waals surface area contributed by atoms with Gasteiger partial charge in [-0.15, -0.1) is 0 Å². The second-order valence-corrected chi connectivity index (χ2v) is 7.61. The molecule has 4 nitrogen and oxygen atoms in total. The number of hydrogen-bond donors (Lipinski definition) is 1. The van der Waals surface area contributed by atoms with Crippen LogP contribution in [0.25, 0.3) is 0 Å². The lowest BCUT2D eigenvalue weighted by Crippen LogP contribution is -2.40. The van der Waals surface area contributed by atoms with E-state index in [0.29, 0.717) is 24.8 Å². The normalized spacial score (nSPS) is 19.3. The number of rotatable bonds is 5. The number of aliphatic hydroxyl groups is 1. The van der Waals surface area contributed by atoms with E-state index in [2.05, 4.69) is 0 Å². The highest BCUT2D eigenvalue weighted by Gasteiger charge is 2.38. The molecule has 1 fully saturated rings. The zero-order valence-electron chi connectivity index (χ0n) is 16.2. The fraction of sp³-hybridized carbons (Fsp3) is 0.391. The van der Waals surface area contributed by atoms with Gasteiger partial charge < -0.3 is 10.0 Å². The lowest BCUT2D eigenvalue weighted by atomic mass is 10.00. The number of nitrogens with zero attached hydrogens (tertiary/aromatic N) is 1. The minimum atomic E-state index is -0.645. The zero-order valence-corrected chi connectivity index (χ0v) is 16.2. The first kappa shape index (κ1) is 19.3. The molecule has 1 heterocycles. The van der Waals surface area contributed by atoms with Crippen LogP contribution in [-0.2, 0) is 11.2 Å². The van der Waals surface area contributed by atoms with Crippen LogP contribution >= 0.6 is 0 Å². The monoisotopic (exact) mass is 365 g/mol. The van der Waals surface area contributed by atoms with Gasteiger partial charge in [0.25, 0.3) is 5.91 Å². The van der Waals surface area contributed by atoms with Gasteiger partial charge in [-0.25, -0.2) is 0 Å². The van der Waals surface area contributed by atoms with Gasteiger partial charge in [0.15, 0.2) is 5.78 Å². The third-order valence-electron chi connectivity index (χ3n) is 5.45. The number of ketones is 1. The summed E-state index contributed by atoms with van der Waals surface area (Å²) in [5.74, 6) is -0.160. The molecule has 0 saturated carbocycles. The Balaban J connectivity index is 1.70. The van der Waals surface area contributed by atoms with Crippen molar-refractivity contribution >= 4 is 11.7 Å². The van der Waals surface area contributed by atoms with E-state index in [9.17, 15) is 14.7 Å². The molecule has 1 aliphatic heterocycles. The predicted octanol–water partition coefficient (Wildman–Crippen LogP) is 3.39. The van der Waals surface area contributed by atoms with Crippen molar-refractivity contribution in [3.63, 3.8) is 0 Å². The van der Waals surface area contributed by atoms with Crippen molar-refractivity contribution in [1.29, 1.82) is 0 Å². The number of hydrogen-bond acceptors (Lipinski definition) is 3. The average molecular weight is 365 g/mol. The molecule has 0 spiro atoms. The number of carbonyl (C=O) groups excluding carboxylic acids is 2. The minimum absolute atomic E-state index is 0.0179. The molecule has 0 bridgehead atoms. The van der Waals surface area contributed by atoms with E-state index in [0.717, 1.165) is 16.7 Å². The summed E-state index contributed by atoms with van der Waals surface area (Å²) >= 11 is 0. The van der Waals surface area contributed by atoms with Crippen molar-refractivity contribution in [3.05, 3.63) is 70.3 Å². The van der Waals surface area contributed by atoms with E-state index in [1.54, 1.807) is 11.0 Å². The van der Waals surface area contributed by atoms with Crippen LogP contribution in [0.5, 0.6) is 0 Å². The van der Waals surface area contributed by atoms with Crippen molar-refractivity contribution < 1.29 is 14.7 Å². The Morgan fingerprint density at radius 1 is 1.04 bits per heavy atom. The minimum Gasteiger partial charge on any atom is -0.391 e. The molecule has 2 atom stereocenters. The molecule has 1 aliphatic rings. The third kappa shape index (κ3) is 4.45. The Morgan fingerprint density at radius 3 is 2.41 bits per heavy atom. The zero-order chi connectivity index (χ0) is 19.6. The Hall–Kier alpha value is -2.46. The number of carbonyl (C=O) groups is 2. The van der Waals surface area contributed by atoms with Crippen LogP contribution in [0.15, 0.2) is 42.5 Å². The Morgan fingerprint density at radius 2 is 1.74 bits per heavy atom. The maximum Gasteiger partial charge on any atom is 0.254 e. The van der Waals surface area contributed by atoms with Gasteiger partial charge in [0.1, 0.15) is 0 Å². The summed E-state index contributed by atoms with van der Waals surface area (Å²) in [6, 6.07) is 13.2. The maximum atomic E-state index is 12.9. The molecule has 2 aromatic rings. The van der Waals surface area contributed by atoms with E-state index >= 15 is 0 Å². The van der Waals surface area contributed by atoms with Gasteiger partial charge in [0.2, 0.25) is 0 Å². The molecule has 1 N–H and O–H groups in total. The summed E-state index contributed by atoms with van der Waals surface area (Å²) in [5, 5.41) is 10.1. The maximum absolute atomic E-state index is 12.9. The summed E-state index contributed by atoms with van der Waals surface area (Å²) in [6.07, 6.45) is 0.700. The second-order valence-electron chi connectivity index (χ2n) is 7.61. The molecule has 0 aliphatic carbocycles. The molecule has 1 saturated heterocycles. The number of amides is 1. The summed E-state index contributed by atoms with van der Waals surface area (Å²) in [4.78, 5) is 27.3. The van der Waals surface area contributed by atoms with Gasteiger partial charge in [-0.3, -0.25) is 9.59 Å². The largest absolute Gasteiger partial charge is 0.391 e. The molecule has 0 unspecified atom stereocenters. The fourth-order valence-corrected chi connectivity index (χ4v) is 3.57. The van der Waals surface area contributed by atoms with E-state index < -0.39 is 12.1 Å². The standard InChI is InChI=1S/C23H27NO3/c1-15-4-7-18(8-5-15)9-11-22(26)21-13-20(25)14-24(21)23(27)19-10-6-16(2)17(3)12-19/h4-8,10,12,20-21,25H,9,11,13-14H2,1-3H3/t20-,21+/m1/s1. The number of Topliss-reactive ketones (excluding diaryl/α,β-unsaturated/α-hetero) is 1. The molecule has 0 aromatic heterocycles. The smallest absolute Gasteiger partial charge is 0.254 e. The number of β-amino-alcohol motifs (C(OH)–C–C–N with tert-alkyl or cyclic N) is 1. The van der Waals surface area contributed by atoms with Crippen LogP contribution in [0.3, 0.4) is 0 Å². The van der Waals surface area contributed by atoms with E-state index in [1.165, 1.54) is 5.56 Å². The highest BCUT2D eigenvalue weighted by molar-refractivity contribution is 5.98. The third-order valence-corrected chi connectivity index (χ3v) is 5.45. The van der Waals surface area contributed by atoms with Gasteiger partial charge in [0, 0.05) is 24.9 Å². The lowest BCUT2D eigenvalue weighted by molar-refractivity contribution is -0.122. The van der Waals surface area contributed by atoms with E-state index in [1.807, 2.05) is 57.2 Å². The van der Waals surface area contributed by atoms with Crippen molar-refractivity contribution in [2.24, 2.45) is 0 Å². The van der Waals surface area contributed by atoms with Gasteiger partial charge in [-0.1, -0.05) is 35.9 Å². The van der Waals surface area contributed by atoms with Crippen molar-refractivity contribution in [1.82, 2.24) is 4.90 Å². The molecule has 27 heavy (non-hydrogen) atoms. The Labute approximate surface area is 160 Å². The number of aliphatic hydroxyl groups excluding tert-OH is 1. The first-order valence-electron chi connectivity index (χ1n) is 9.49. The van der Waals surface area contributed by atoms with Gasteiger partial charge >= 0.3 is 0 Å². The van der Waals surface area contributed by atoms with Crippen LogP contribution in [0.4, 0.5) is 0 Å². The van der Waals surface area contributed by atoms with E-state index in [-0.39, 0.29) is 18.2 Å². The molecule has 3 rings (SSSR count). The molecule has 142 valence electrons. The molecular formula is C23H27NO3. The van der Waals surface area contributed by atoms with Crippen molar-refractivity contribution in [2.45, 2.75) is 52.2 Å². The molecular weight excluding hydrogens is 338 g/mol. The average Bonchev–Trinajstić information content (AvgIpc) is 3.04. The van der Waals surface area contributed by atoms with Crippen molar-refractivity contribution in [2.75, 3.05) is 6.54 Å². The van der Waals surface area contributed by atoms with Crippen LogP contribution < -0.4 is 0 Å². The summed E-state index contributed by atoms with van der Waals surface area (Å²) < 4.78 is 0. The molecule has 1 amide bonds. The summed E-state index contributed by atoms with van der Waals surface area (Å²) in [5.41, 5.74) is 5.04. The Kier molecular flexibility index (Phi) is 5.76. The van der Waals surface area contributed by atoms with Crippen LogP contribution in [0.2, 0.25) is 0 Å². The highest BCUT2D eigenvalue weighted by Crippen LogP contribution is 2.24. The van der Waals surface area contributed by atoms with Crippen LogP contribution in [0.1, 0.15) is 45.5 Å². The first-order valence-corrected chi connectivity index (χ1v) is 9.49. The lowest BCUT2D eigenvalue weighted by Gasteiger charge is -2.24. The van der Waals surface area contributed by atoms with Gasteiger partial charge in [0.05, 0.1) is 12.1 Å². The van der Waals surface area contributed by atoms with Gasteiger partial charge in [-0.2, -0.15) is 0 Å². The van der Waals surface area contributed by atoms with E-state index in [4.69, 9.17) is 0 Å².